The molecule has 1 atom stereocenters. The van der Waals surface area contributed by atoms with Gasteiger partial charge in [0.2, 0.25) is 5.91 Å². The first-order chi connectivity index (χ1) is 14.5. The number of amides is 2. The number of ether oxygens (including phenoxy) is 3. The molecule has 9 nitrogen and oxygen atoms in total. The fourth-order valence-electron chi connectivity index (χ4n) is 3.98. The number of Topliss-reactive ketones (excluding diaryl/α,β-unsaturated/α-hetero) is 1. The minimum Gasteiger partial charge on any atom is -0.486 e. The number of hydrogen-bond donors (Lipinski definition) is 1. The van der Waals surface area contributed by atoms with Gasteiger partial charge in [-0.2, -0.15) is 0 Å². The van der Waals surface area contributed by atoms with E-state index in [0.29, 0.717) is 68.7 Å². The van der Waals surface area contributed by atoms with Gasteiger partial charge in [-0.05, 0) is 25.8 Å². The molecule has 1 aromatic carbocycles. The van der Waals surface area contributed by atoms with Crippen molar-refractivity contribution in [2.75, 3.05) is 57.9 Å². The van der Waals surface area contributed by atoms with E-state index in [1.165, 1.54) is 6.92 Å². The van der Waals surface area contributed by atoms with E-state index < -0.39 is 0 Å². The zero-order valence-electron chi connectivity index (χ0n) is 17.1. The van der Waals surface area contributed by atoms with Crippen molar-refractivity contribution in [1.29, 1.82) is 0 Å². The lowest BCUT2D eigenvalue weighted by Gasteiger charge is -2.35. The Kier molecular flexibility index (Phi) is 6.19. The molecule has 0 spiro atoms. The number of benzene rings is 1. The molecule has 0 radical (unpaired) electrons. The lowest BCUT2D eigenvalue weighted by atomic mass is 10.1. The van der Waals surface area contributed by atoms with E-state index in [1.54, 1.807) is 12.1 Å². The van der Waals surface area contributed by atoms with Crippen molar-refractivity contribution < 1.29 is 28.6 Å². The molecule has 2 amide bonds. The first-order valence-electron chi connectivity index (χ1n) is 10.4. The van der Waals surface area contributed by atoms with Crippen molar-refractivity contribution in [2.45, 2.75) is 25.9 Å². The van der Waals surface area contributed by atoms with Gasteiger partial charge in [0, 0.05) is 44.4 Å². The van der Waals surface area contributed by atoms with Crippen LogP contribution in [0.1, 0.15) is 30.1 Å². The second-order valence-corrected chi connectivity index (χ2v) is 7.75. The van der Waals surface area contributed by atoms with Gasteiger partial charge in [0.15, 0.2) is 17.3 Å². The third-order valence-electron chi connectivity index (χ3n) is 5.59. The van der Waals surface area contributed by atoms with E-state index in [1.807, 2.05) is 9.80 Å². The van der Waals surface area contributed by atoms with Gasteiger partial charge >= 0.3 is 0 Å². The van der Waals surface area contributed by atoms with Crippen LogP contribution < -0.4 is 14.8 Å². The number of anilines is 1. The number of fused-ring (bicyclic) bond motifs is 1. The second kappa shape index (κ2) is 9.01. The van der Waals surface area contributed by atoms with E-state index in [2.05, 4.69) is 5.32 Å². The lowest BCUT2D eigenvalue weighted by Crippen LogP contribution is -2.52. The summed E-state index contributed by atoms with van der Waals surface area (Å²) in [6.45, 7) is 5.53. The Bertz CT molecular complexity index is 828. The van der Waals surface area contributed by atoms with E-state index >= 15 is 0 Å². The molecule has 9 heteroatoms. The van der Waals surface area contributed by atoms with Crippen LogP contribution in [0.2, 0.25) is 0 Å². The molecule has 162 valence electrons. The minimum absolute atomic E-state index is 0.0546. The van der Waals surface area contributed by atoms with Gasteiger partial charge in [-0.1, -0.05) is 0 Å². The normalized spacial score (nSPS) is 21.4. The molecule has 3 heterocycles. The fraction of sp³-hybridized carbons (Fsp3) is 0.571. The molecule has 30 heavy (non-hydrogen) atoms. The number of hydrogen-bond acceptors (Lipinski definition) is 7. The molecule has 3 aliphatic rings. The third-order valence-corrected chi connectivity index (χ3v) is 5.59. The van der Waals surface area contributed by atoms with Crippen molar-refractivity contribution in [3.05, 3.63) is 17.7 Å². The van der Waals surface area contributed by atoms with Gasteiger partial charge in [-0.3, -0.25) is 19.3 Å². The zero-order chi connectivity index (χ0) is 21.1. The van der Waals surface area contributed by atoms with Crippen LogP contribution in [-0.2, 0) is 14.3 Å². The summed E-state index contributed by atoms with van der Waals surface area (Å²) in [6.07, 6.45) is 1.41. The van der Waals surface area contributed by atoms with Gasteiger partial charge in [0.25, 0.3) is 5.91 Å². The highest BCUT2D eigenvalue weighted by molar-refractivity contribution is 6.05. The maximum absolute atomic E-state index is 12.6. The smallest absolute Gasteiger partial charge is 0.251 e. The highest BCUT2D eigenvalue weighted by Gasteiger charge is 2.30. The second-order valence-electron chi connectivity index (χ2n) is 7.75. The topological polar surface area (TPSA) is 97.4 Å². The van der Waals surface area contributed by atoms with Crippen molar-refractivity contribution >= 4 is 23.3 Å². The van der Waals surface area contributed by atoms with Crippen LogP contribution in [0.25, 0.3) is 0 Å². The molecule has 0 saturated carbocycles. The number of nitrogens with zero attached hydrogens (tertiary/aromatic N) is 2. The van der Waals surface area contributed by atoms with Crippen LogP contribution in [-0.4, -0.2) is 86.0 Å². The summed E-state index contributed by atoms with van der Waals surface area (Å²) < 4.78 is 16.6. The van der Waals surface area contributed by atoms with Crippen molar-refractivity contribution in [3.8, 4) is 11.5 Å². The number of carbonyl (C=O) groups is 3. The predicted molar refractivity (Wildman–Crippen MR) is 108 cm³/mol. The van der Waals surface area contributed by atoms with Crippen LogP contribution in [0.4, 0.5) is 5.69 Å². The zero-order valence-corrected chi connectivity index (χ0v) is 17.1. The fourth-order valence-corrected chi connectivity index (χ4v) is 3.98. The molecule has 0 aliphatic carbocycles. The lowest BCUT2D eigenvalue weighted by molar-refractivity contribution is -0.142. The number of ketones is 1. The Morgan fingerprint density at radius 3 is 2.37 bits per heavy atom. The first-order valence-corrected chi connectivity index (χ1v) is 10.4. The monoisotopic (exact) mass is 417 g/mol. The summed E-state index contributed by atoms with van der Waals surface area (Å²) in [5.41, 5.74) is 0.809. The van der Waals surface area contributed by atoms with Crippen LogP contribution in [0, 0.1) is 0 Å². The van der Waals surface area contributed by atoms with Crippen molar-refractivity contribution in [2.24, 2.45) is 0 Å². The molecule has 2 fully saturated rings. The summed E-state index contributed by atoms with van der Waals surface area (Å²) in [4.78, 5) is 40.9. The number of carbonyl (C=O) groups excluding carboxylic acids is 3. The molecule has 4 rings (SSSR count). The summed E-state index contributed by atoms with van der Waals surface area (Å²) in [6, 6.07) is 3.25. The minimum atomic E-state index is -0.306. The third kappa shape index (κ3) is 4.57. The van der Waals surface area contributed by atoms with Gasteiger partial charge in [0.1, 0.15) is 19.3 Å². The predicted octanol–water partition coefficient (Wildman–Crippen LogP) is 0.922. The van der Waals surface area contributed by atoms with Gasteiger partial charge in [-0.15, -0.1) is 0 Å². The van der Waals surface area contributed by atoms with Crippen molar-refractivity contribution in [3.63, 3.8) is 0 Å². The Balaban J connectivity index is 1.33. The molecule has 2 saturated heterocycles. The molecule has 1 aromatic rings. The number of nitrogens with one attached hydrogen (secondary N) is 1. The van der Waals surface area contributed by atoms with E-state index in [9.17, 15) is 14.4 Å². The highest BCUT2D eigenvalue weighted by Crippen LogP contribution is 2.35. The van der Waals surface area contributed by atoms with Crippen LogP contribution >= 0.6 is 0 Å². The Labute approximate surface area is 175 Å². The van der Waals surface area contributed by atoms with Crippen LogP contribution in [0.5, 0.6) is 11.5 Å². The first kappa shape index (κ1) is 20.6. The Hall–Kier alpha value is -2.65. The highest BCUT2D eigenvalue weighted by atomic mass is 16.6. The van der Waals surface area contributed by atoms with Crippen LogP contribution in [0.3, 0.4) is 0 Å². The molecule has 1 unspecified atom stereocenters. The summed E-state index contributed by atoms with van der Waals surface area (Å²) in [5.74, 6) is 0.704. The SMILES string of the molecule is CC(=O)c1cc2c(cc1NC(=O)CN1CCN(C(=O)C3CCCO3)CC1)OCCO2. The Morgan fingerprint density at radius 2 is 1.73 bits per heavy atom. The summed E-state index contributed by atoms with van der Waals surface area (Å²) in [7, 11) is 0. The maximum atomic E-state index is 12.6. The Morgan fingerprint density at radius 1 is 1.03 bits per heavy atom. The van der Waals surface area contributed by atoms with E-state index in [4.69, 9.17) is 14.2 Å². The molecule has 0 aromatic heterocycles. The molecule has 0 bridgehead atoms. The molecular formula is C21H27N3O6. The van der Waals surface area contributed by atoms with Crippen molar-refractivity contribution in [1.82, 2.24) is 9.80 Å². The quantitative estimate of drug-likeness (QED) is 0.712. The van der Waals surface area contributed by atoms with Gasteiger partial charge < -0.3 is 24.4 Å². The molecule has 1 N–H and O–H groups in total. The largest absolute Gasteiger partial charge is 0.486 e. The molecular weight excluding hydrogens is 390 g/mol. The standard InChI is InChI=1S/C21H27N3O6/c1-14(25)15-11-18-19(30-10-9-29-18)12-16(15)22-20(26)13-23-4-6-24(7-5-23)21(27)17-3-2-8-28-17/h11-12,17H,2-10,13H2,1H3,(H,22,26). The summed E-state index contributed by atoms with van der Waals surface area (Å²) >= 11 is 0. The van der Waals surface area contributed by atoms with Crippen LogP contribution in [0.15, 0.2) is 12.1 Å². The summed E-state index contributed by atoms with van der Waals surface area (Å²) in [5, 5.41) is 2.83. The van der Waals surface area contributed by atoms with Gasteiger partial charge in [0.05, 0.1) is 12.2 Å². The van der Waals surface area contributed by atoms with E-state index in [0.717, 1.165) is 12.8 Å². The average Bonchev–Trinajstić information content (AvgIpc) is 3.28. The van der Waals surface area contributed by atoms with Gasteiger partial charge in [-0.25, -0.2) is 0 Å². The maximum Gasteiger partial charge on any atom is 0.251 e. The van der Waals surface area contributed by atoms with E-state index in [-0.39, 0.29) is 30.2 Å². The average molecular weight is 417 g/mol. The number of piperazine rings is 1. The number of rotatable bonds is 5. The molecule has 3 aliphatic heterocycles.